The number of unbranched alkanes of at least 4 members (excludes halogenated alkanes) is 6. The van der Waals surface area contributed by atoms with Gasteiger partial charge in [-0.05, 0) is 40.5 Å². The Bertz CT molecular complexity index is 402. The fourth-order valence-electron chi connectivity index (χ4n) is 2.26. The first-order chi connectivity index (χ1) is 11.1. The number of hydrogen-bond donors (Lipinski definition) is 2. The minimum Gasteiger partial charge on any atom is -0.444 e. The van der Waals surface area contributed by atoms with Gasteiger partial charge in [-0.2, -0.15) is 0 Å². The standard InChI is InChI=1S/C18H34N2O4/c1-14(20-17(23)24-18(2,3)4)15(21)12-10-8-6-5-7-9-11-13-16(19)22/h14H,5-13H2,1-4H3,(H2,19,22)(H,20,23)/t14-/m0/s1. The molecule has 0 aliphatic rings. The summed E-state index contributed by atoms with van der Waals surface area (Å²) in [5, 5.41) is 2.57. The second-order valence-electron chi connectivity index (χ2n) is 7.28. The summed E-state index contributed by atoms with van der Waals surface area (Å²) in [5.74, 6) is -0.204. The molecule has 0 aromatic rings. The molecule has 2 amide bonds. The highest BCUT2D eigenvalue weighted by atomic mass is 16.6. The third kappa shape index (κ3) is 14.0. The predicted octanol–water partition coefficient (Wildman–Crippen LogP) is 3.46. The van der Waals surface area contributed by atoms with Crippen LogP contribution in [-0.2, 0) is 14.3 Å². The van der Waals surface area contributed by atoms with Gasteiger partial charge in [-0.1, -0.05) is 32.1 Å². The quantitative estimate of drug-likeness (QED) is 0.531. The number of nitrogens with two attached hydrogens (primary N) is 1. The van der Waals surface area contributed by atoms with Gasteiger partial charge in [-0.3, -0.25) is 9.59 Å². The Kier molecular flexibility index (Phi) is 11.1. The van der Waals surface area contributed by atoms with Crippen LogP contribution >= 0.6 is 0 Å². The lowest BCUT2D eigenvalue weighted by Crippen LogP contribution is -2.41. The van der Waals surface area contributed by atoms with Gasteiger partial charge in [-0.15, -0.1) is 0 Å². The molecule has 0 aromatic carbocycles. The first-order valence-electron chi connectivity index (χ1n) is 8.92. The molecule has 0 unspecified atom stereocenters. The zero-order valence-corrected chi connectivity index (χ0v) is 15.7. The number of primary amides is 1. The summed E-state index contributed by atoms with van der Waals surface area (Å²) in [6, 6.07) is -0.520. The van der Waals surface area contributed by atoms with Gasteiger partial charge in [0.25, 0.3) is 0 Å². The van der Waals surface area contributed by atoms with E-state index in [1.807, 2.05) is 0 Å². The Morgan fingerprint density at radius 1 is 0.917 bits per heavy atom. The van der Waals surface area contributed by atoms with Gasteiger partial charge in [0.1, 0.15) is 5.60 Å². The number of rotatable bonds is 12. The van der Waals surface area contributed by atoms with Crippen molar-refractivity contribution in [2.75, 3.05) is 0 Å². The van der Waals surface area contributed by atoms with E-state index in [1.54, 1.807) is 27.7 Å². The Morgan fingerprint density at radius 3 is 1.83 bits per heavy atom. The lowest BCUT2D eigenvalue weighted by Gasteiger charge is -2.21. The smallest absolute Gasteiger partial charge is 0.408 e. The molecule has 6 heteroatoms. The van der Waals surface area contributed by atoms with E-state index in [-0.39, 0.29) is 11.7 Å². The normalized spacial score (nSPS) is 12.5. The zero-order chi connectivity index (χ0) is 18.6. The predicted molar refractivity (Wildman–Crippen MR) is 94.6 cm³/mol. The van der Waals surface area contributed by atoms with Gasteiger partial charge in [0.05, 0.1) is 6.04 Å². The summed E-state index contributed by atoms with van der Waals surface area (Å²) < 4.78 is 5.13. The second-order valence-corrected chi connectivity index (χ2v) is 7.28. The average molecular weight is 342 g/mol. The van der Waals surface area contributed by atoms with Crippen LogP contribution in [0.4, 0.5) is 4.79 Å². The van der Waals surface area contributed by atoms with E-state index >= 15 is 0 Å². The van der Waals surface area contributed by atoms with Crippen molar-refractivity contribution >= 4 is 17.8 Å². The minimum absolute atomic E-state index is 0.0299. The van der Waals surface area contributed by atoms with E-state index in [0.29, 0.717) is 12.8 Å². The lowest BCUT2D eigenvalue weighted by atomic mass is 10.0. The number of amides is 2. The molecule has 0 radical (unpaired) electrons. The van der Waals surface area contributed by atoms with E-state index in [1.165, 1.54) is 0 Å². The summed E-state index contributed by atoms with van der Waals surface area (Å²) in [7, 11) is 0. The van der Waals surface area contributed by atoms with Crippen LogP contribution in [0.2, 0.25) is 0 Å². The maximum absolute atomic E-state index is 12.0. The monoisotopic (exact) mass is 342 g/mol. The molecular weight excluding hydrogens is 308 g/mol. The van der Waals surface area contributed by atoms with E-state index in [2.05, 4.69) is 5.32 Å². The molecule has 0 spiro atoms. The molecule has 0 aliphatic carbocycles. The van der Waals surface area contributed by atoms with Crippen LogP contribution in [0.3, 0.4) is 0 Å². The Labute approximate surface area is 145 Å². The van der Waals surface area contributed by atoms with Crippen LogP contribution in [0.5, 0.6) is 0 Å². The molecule has 0 aliphatic heterocycles. The molecular formula is C18H34N2O4. The molecule has 1 atom stereocenters. The van der Waals surface area contributed by atoms with Crippen LogP contribution < -0.4 is 11.1 Å². The fourth-order valence-corrected chi connectivity index (χ4v) is 2.26. The summed E-state index contributed by atoms with van der Waals surface area (Å²) in [5.41, 5.74) is 4.52. The van der Waals surface area contributed by atoms with Crippen molar-refractivity contribution in [3.63, 3.8) is 0 Å². The van der Waals surface area contributed by atoms with Crippen molar-refractivity contribution in [1.29, 1.82) is 0 Å². The van der Waals surface area contributed by atoms with Crippen LogP contribution in [0, 0.1) is 0 Å². The molecule has 3 N–H and O–H groups in total. The van der Waals surface area contributed by atoms with E-state index in [9.17, 15) is 14.4 Å². The molecule has 24 heavy (non-hydrogen) atoms. The molecule has 0 saturated heterocycles. The SMILES string of the molecule is C[C@H](NC(=O)OC(C)(C)C)C(=O)CCCCCCCCCC(N)=O. The number of nitrogens with one attached hydrogen (secondary N) is 1. The van der Waals surface area contributed by atoms with Crippen LogP contribution in [0.1, 0.15) is 85.5 Å². The topological polar surface area (TPSA) is 98.5 Å². The molecule has 0 rings (SSSR count). The van der Waals surface area contributed by atoms with Crippen molar-refractivity contribution in [3.05, 3.63) is 0 Å². The number of hydrogen-bond acceptors (Lipinski definition) is 4. The Balaban J connectivity index is 3.64. The maximum Gasteiger partial charge on any atom is 0.408 e. The second kappa shape index (κ2) is 11.9. The molecule has 0 saturated carbocycles. The van der Waals surface area contributed by atoms with Gasteiger partial charge in [0.2, 0.25) is 5.91 Å². The fraction of sp³-hybridized carbons (Fsp3) is 0.833. The van der Waals surface area contributed by atoms with Crippen molar-refractivity contribution in [2.45, 2.75) is 97.1 Å². The van der Waals surface area contributed by atoms with Crippen LogP contribution in [0.25, 0.3) is 0 Å². The zero-order valence-electron chi connectivity index (χ0n) is 15.7. The highest BCUT2D eigenvalue weighted by Crippen LogP contribution is 2.11. The number of ketones is 1. The van der Waals surface area contributed by atoms with Gasteiger partial charge >= 0.3 is 6.09 Å². The van der Waals surface area contributed by atoms with E-state index < -0.39 is 17.7 Å². The van der Waals surface area contributed by atoms with Gasteiger partial charge in [0, 0.05) is 12.8 Å². The molecule has 0 heterocycles. The van der Waals surface area contributed by atoms with E-state index in [0.717, 1.165) is 44.9 Å². The number of carbonyl (C=O) groups is 3. The number of alkyl carbamates (subject to hydrolysis) is 1. The highest BCUT2D eigenvalue weighted by molar-refractivity contribution is 5.86. The summed E-state index contributed by atoms with van der Waals surface area (Å²) in [6.07, 6.45) is 7.39. The Hall–Kier alpha value is -1.59. The summed E-state index contributed by atoms with van der Waals surface area (Å²) >= 11 is 0. The lowest BCUT2D eigenvalue weighted by molar-refractivity contribution is -0.121. The number of ether oxygens (including phenoxy) is 1. The van der Waals surface area contributed by atoms with Gasteiger partial charge in [-0.25, -0.2) is 4.79 Å². The first-order valence-corrected chi connectivity index (χ1v) is 8.92. The highest BCUT2D eigenvalue weighted by Gasteiger charge is 2.20. The van der Waals surface area contributed by atoms with Crippen molar-refractivity contribution in [2.24, 2.45) is 5.73 Å². The van der Waals surface area contributed by atoms with Crippen molar-refractivity contribution < 1.29 is 19.1 Å². The molecule has 0 bridgehead atoms. The van der Waals surface area contributed by atoms with Crippen LogP contribution in [0.15, 0.2) is 0 Å². The summed E-state index contributed by atoms with van der Waals surface area (Å²) in [4.78, 5) is 34.2. The average Bonchev–Trinajstić information content (AvgIpc) is 2.42. The third-order valence-electron chi connectivity index (χ3n) is 3.56. The largest absolute Gasteiger partial charge is 0.444 e. The number of Topliss-reactive ketones (excluding diaryl/α,β-unsaturated/α-hetero) is 1. The van der Waals surface area contributed by atoms with Gasteiger partial charge in [0.15, 0.2) is 5.78 Å². The Morgan fingerprint density at radius 2 is 1.38 bits per heavy atom. The molecule has 140 valence electrons. The van der Waals surface area contributed by atoms with Crippen molar-refractivity contribution in [1.82, 2.24) is 5.32 Å². The van der Waals surface area contributed by atoms with Crippen LogP contribution in [-0.4, -0.2) is 29.4 Å². The van der Waals surface area contributed by atoms with Gasteiger partial charge < -0.3 is 15.8 Å². The number of carbonyl (C=O) groups excluding carboxylic acids is 3. The van der Waals surface area contributed by atoms with E-state index in [4.69, 9.17) is 10.5 Å². The molecule has 0 fully saturated rings. The first kappa shape index (κ1) is 22.4. The molecule has 0 aromatic heterocycles. The minimum atomic E-state index is -0.565. The van der Waals surface area contributed by atoms with Crippen molar-refractivity contribution in [3.8, 4) is 0 Å². The maximum atomic E-state index is 12.0. The summed E-state index contributed by atoms with van der Waals surface area (Å²) in [6.45, 7) is 7.04. The third-order valence-corrected chi connectivity index (χ3v) is 3.56. The molecule has 6 nitrogen and oxygen atoms in total.